The predicted octanol–water partition coefficient (Wildman–Crippen LogP) is 2.29. The molecule has 3 heterocycles. The first kappa shape index (κ1) is 18.2. The summed E-state index contributed by atoms with van der Waals surface area (Å²) in [6, 6.07) is 0.903. The largest absolute Gasteiger partial charge is 0.376 e. The van der Waals surface area contributed by atoms with Gasteiger partial charge in [-0.25, -0.2) is 0 Å². The van der Waals surface area contributed by atoms with Crippen molar-refractivity contribution < 1.29 is 14.3 Å². The molecular formula is C19H34N2O3. The van der Waals surface area contributed by atoms with Crippen LogP contribution >= 0.6 is 0 Å². The summed E-state index contributed by atoms with van der Waals surface area (Å²) in [5.74, 6) is 0.396. The Kier molecular flexibility index (Phi) is 6.17. The summed E-state index contributed by atoms with van der Waals surface area (Å²) in [5.41, 5.74) is 0. The van der Waals surface area contributed by atoms with Gasteiger partial charge in [0.05, 0.1) is 12.7 Å². The number of carbonyl (C=O) groups excluding carboxylic acids is 1. The molecule has 0 N–H and O–H groups in total. The zero-order valence-corrected chi connectivity index (χ0v) is 15.6. The second-order valence-electron chi connectivity index (χ2n) is 8.06. The van der Waals surface area contributed by atoms with Crippen LogP contribution in [0.2, 0.25) is 0 Å². The molecule has 0 unspecified atom stereocenters. The van der Waals surface area contributed by atoms with Crippen molar-refractivity contribution in [3.05, 3.63) is 0 Å². The molecule has 0 saturated carbocycles. The third-order valence-electron chi connectivity index (χ3n) is 5.94. The van der Waals surface area contributed by atoms with E-state index < -0.39 is 0 Å². The van der Waals surface area contributed by atoms with Gasteiger partial charge in [0.2, 0.25) is 0 Å². The average molecular weight is 338 g/mol. The quantitative estimate of drug-likeness (QED) is 0.745. The van der Waals surface area contributed by atoms with Gasteiger partial charge in [0.15, 0.2) is 0 Å². The number of carbonyl (C=O) groups is 1. The number of nitrogens with zero attached hydrogens (tertiary/aromatic N) is 2. The lowest BCUT2D eigenvalue weighted by Crippen LogP contribution is -2.51. The Morgan fingerprint density at radius 2 is 1.88 bits per heavy atom. The number of amides is 1. The van der Waals surface area contributed by atoms with E-state index in [0.717, 1.165) is 45.4 Å². The molecule has 3 saturated heterocycles. The minimum atomic E-state index is -0.332. The molecule has 3 aliphatic heterocycles. The standard InChI is InChI=1S/C19H34N2O3/c1-14(2)18(24-13-15-7-6-12-23-15)19(22)21-11-5-9-17(21)16-8-4-10-20(16)3/h14-18H,4-13H2,1-3H3/t15-,16+,17+,18-/m0/s1. The molecule has 24 heavy (non-hydrogen) atoms. The highest BCUT2D eigenvalue weighted by Crippen LogP contribution is 2.30. The van der Waals surface area contributed by atoms with E-state index in [1.54, 1.807) is 0 Å². The van der Waals surface area contributed by atoms with Crippen LogP contribution in [0.4, 0.5) is 0 Å². The first-order chi connectivity index (χ1) is 11.6. The molecule has 0 aromatic heterocycles. The van der Waals surface area contributed by atoms with Crippen LogP contribution in [0.3, 0.4) is 0 Å². The molecule has 1 amide bonds. The van der Waals surface area contributed by atoms with E-state index in [2.05, 4.69) is 30.7 Å². The number of likely N-dealkylation sites (N-methyl/N-ethyl adjacent to an activating group) is 1. The Labute approximate surface area is 146 Å². The van der Waals surface area contributed by atoms with Crippen LogP contribution in [-0.2, 0) is 14.3 Å². The fraction of sp³-hybridized carbons (Fsp3) is 0.947. The normalized spacial score (nSPS) is 32.8. The third kappa shape index (κ3) is 3.94. The summed E-state index contributed by atoms with van der Waals surface area (Å²) >= 11 is 0. The van der Waals surface area contributed by atoms with Crippen LogP contribution in [0.1, 0.15) is 52.4 Å². The SMILES string of the molecule is CC(C)[C@H](OC[C@@H]1CCCO1)C(=O)N1CCC[C@@H]1[C@H]1CCCN1C. The smallest absolute Gasteiger partial charge is 0.252 e. The molecule has 0 aliphatic carbocycles. The molecule has 4 atom stereocenters. The summed E-state index contributed by atoms with van der Waals surface area (Å²) < 4.78 is 11.7. The third-order valence-corrected chi connectivity index (χ3v) is 5.94. The van der Waals surface area contributed by atoms with E-state index >= 15 is 0 Å². The van der Waals surface area contributed by atoms with Crippen LogP contribution < -0.4 is 0 Å². The highest BCUT2D eigenvalue weighted by atomic mass is 16.5. The second kappa shape index (κ2) is 8.15. The van der Waals surface area contributed by atoms with E-state index in [9.17, 15) is 4.79 Å². The van der Waals surface area contributed by atoms with Crippen molar-refractivity contribution in [1.29, 1.82) is 0 Å². The van der Waals surface area contributed by atoms with E-state index in [-0.39, 0.29) is 24.0 Å². The minimum absolute atomic E-state index is 0.175. The Hall–Kier alpha value is -0.650. The van der Waals surface area contributed by atoms with Gasteiger partial charge in [-0.05, 0) is 58.0 Å². The summed E-state index contributed by atoms with van der Waals surface area (Å²) in [6.07, 6.45) is 6.73. The lowest BCUT2D eigenvalue weighted by molar-refractivity contribution is -0.151. The molecule has 0 spiro atoms. The van der Waals surface area contributed by atoms with Gasteiger partial charge < -0.3 is 19.3 Å². The number of likely N-dealkylation sites (tertiary alicyclic amines) is 2. The van der Waals surface area contributed by atoms with E-state index in [1.165, 1.54) is 12.8 Å². The second-order valence-corrected chi connectivity index (χ2v) is 8.06. The van der Waals surface area contributed by atoms with Crippen LogP contribution in [0.5, 0.6) is 0 Å². The first-order valence-corrected chi connectivity index (χ1v) is 9.82. The lowest BCUT2D eigenvalue weighted by Gasteiger charge is -2.36. The summed E-state index contributed by atoms with van der Waals surface area (Å²) in [6.45, 7) is 7.61. The number of ether oxygens (including phenoxy) is 2. The van der Waals surface area contributed by atoms with Gasteiger partial charge >= 0.3 is 0 Å². The maximum absolute atomic E-state index is 13.2. The molecule has 0 radical (unpaired) electrons. The summed E-state index contributed by atoms with van der Waals surface area (Å²) in [7, 11) is 2.20. The highest BCUT2D eigenvalue weighted by molar-refractivity contribution is 5.82. The summed E-state index contributed by atoms with van der Waals surface area (Å²) in [5, 5.41) is 0. The van der Waals surface area contributed by atoms with Crippen molar-refractivity contribution in [1.82, 2.24) is 9.80 Å². The minimum Gasteiger partial charge on any atom is -0.376 e. The van der Waals surface area contributed by atoms with Gasteiger partial charge in [-0.1, -0.05) is 13.8 Å². The number of hydrogen-bond acceptors (Lipinski definition) is 4. The molecule has 138 valence electrons. The van der Waals surface area contributed by atoms with E-state index in [4.69, 9.17) is 9.47 Å². The van der Waals surface area contributed by atoms with Gasteiger partial charge in [0.1, 0.15) is 6.10 Å². The zero-order valence-electron chi connectivity index (χ0n) is 15.6. The number of hydrogen-bond donors (Lipinski definition) is 0. The zero-order chi connectivity index (χ0) is 17.1. The molecule has 5 heteroatoms. The predicted molar refractivity (Wildman–Crippen MR) is 93.9 cm³/mol. The van der Waals surface area contributed by atoms with Crippen LogP contribution in [0, 0.1) is 5.92 Å². The fourth-order valence-corrected chi connectivity index (χ4v) is 4.59. The Morgan fingerprint density at radius 3 is 2.50 bits per heavy atom. The van der Waals surface area contributed by atoms with Crippen molar-refractivity contribution in [3.8, 4) is 0 Å². The lowest BCUT2D eigenvalue weighted by atomic mass is 10.0. The Morgan fingerprint density at radius 1 is 1.12 bits per heavy atom. The summed E-state index contributed by atoms with van der Waals surface area (Å²) in [4.78, 5) is 17.8. The van der Waals surface area contributed by atoms with Crippen molar-refractivity contribution >= 4 is 5.91 Å². The fourth-order valence-electron chi connectivity index (χ4n) is 4.59. The van der Waals surface area contributed by atoms with E-state index in [0.29, 0.717) is 18.7 Å². The molecule has 3 aliphatic rings. The maximum Gasteiger partial charge on any atom is 0.252 e. The molecule has 0 aromatic rings. The Bertz CT molecular complexity index is 423. The molecular weight excluding hydrogens is 304 g/mol. The molecule has 0 bridgehead atoms. The molecule has 3 fully saturated rings. The van der Waals surface area contributed by atoms with Crippen molar-refractivity contribution in [3.63, 3.8) is 0 Å². The van der Waals surface area contributed by atoms with E-state index in [1.807, 2.05) is 0 Å². The first-order valence-electron chi connectivity index (χ1n) is 9.82. The maximum atomic E-state index is 13.2. The monoisotopic (exact) mass is 338 g/mol. The van der Waals surface area contributed by atoms with Crippen molar-refractivity contribution in [2.75, 3.05) is 33.4 Å². The van der Waals surface area contributed by atoms with Crippen molar-refractivity contribution in [2.45, 2.75) is 76.7 Å². The molecule has 0 aromatic carbocycles. The molecule has 3 rings (SSSR count). The van der Waals surface area contributed by atoms with Gasteiger partial charge in [-0.15, -0.1) is 0 Å². The van der Waals surface area contributed by atoms with Gasteiger partial charge in [-0.2, -0.15) is 0 Å². The topological polar surface area (TPSA) is 42.0 Å². The molecule has 5 nitrogen and oxygen atoms in total. The van der Waals surface area contributed by atoms with Gasteiger partial charge in [-0.3, -0.25) is 4.79 Å². The highest BCUT2D eigenvalue weighted by Gasteiger charge is 2.41. The van der Waals surface area contributed by atoms with Crippen LogP contribution in [0.25, 0.3) is 0 Å². The number of rotatable bonds is 6. The van der Waals surface area contributed by atoms with Gasteiger partial charge in [0, 0.05) is 25.2 Å². The van der Waals surface area contributed by atoms with Gasteiger partial charge in [0.25, 0.3) is 5.91 Å². The van der Waals surface area contributed by atoms with Crippen molar-refractivity contribution in [2.24, 2.45) is 5.92 Å². The van der Waals surface area contributed by atoms with Crippen LogP contribution in [0.15, 0.2) is 0 Å². The Balaban J connectivity index is 1.62. The van der Waals surface area contributed by atoms with Crippen LogP contribution in [-0.4, -0.2) is 73.3 Å². The average Bonchev–Trinajstić information content (AvgIpc) is 3.27.